The molecule has 0 saturated heterocycles. The van der Waals surface area contributed by atoms with Gasteiger partial charge in [-0.25, -0.2) is 13.5 Å². The fraction of sp³-hybridized carbons (Fsp3) is 0.0588. The molecule has 5 nitrogen and oxygen atoms in total. The lowest BCUT2D eigenvalue weighted by atomic mass is 10.0. The molecule has 1 aliphatic rings. The Balaban J connectivity index is 1.89. The summed E-state index contributed by atoms with van der Waals surface area (Å²) in [6.07, 6.45) is 1.39. The first-order valence-corrected chi connectivity index (χ1v) is 7.57. The molecule has 124 valence electrons. The molecule has 0 saturated carbocycles. The number of para-hydroxylation sites is 1. The number of nitrogens with one attached hydrogen (secondary N) is 1. The van der Waals surface area contributed by atoms with E-state index in [-0.39, 0.29) is 28.5 Å². The van der Waals surface area contributed by atoms with Gasteiger partial charge in [-0.3, -0.25) is 0 Å². The first-order valence-electron chi connectivity index (χ1n) is 7.57. The van der Waals surface area contributed by atoms with Crippen LogP contribution in [0.3, 0.4) is 0 Å². The average Bonchev–Trinajstić information content (AvgIpc) is 3.09. The molecule has 1 aliphatic heterocycles. The van der Waals surface area contributed by atoms with Crippen LogP contribution in [0.1, 0.15) is 0 Å². The van der Waals surface area contributed by atoms with Crippen molar-refractivity contribution in [2.45, 2.75) is 6.67 Å². The van der Waals surface area contributed by atoms with E-state index in [1.807, 2.05) is 0 Å². The van der Waals surface area contributed by atoms with Gasteiger partial charge in [0.2, 0.25) is 0 Å². The highest BCUT2D eigenvalue weighted by Crippen LogP contribution is 2.40. The second kappa shape index (κ2) is 4.85. The smallest absolute Gasteiger partial charge is 0.135 e. The summed E-state index contributed by atoms with van der Waals surface area (Å²) in [6, 6.07) is 8.82. The molecule has 2 aromatic carbocycles. The second-order valence-corrected chi connectivity index (χ2v) is 5.75. The number of halogens is 3. The molecule has 0 amide bonds. The molecule has 0 aliphatic carbocycles. The Morgan fingerprint density at radius 1 is 1.04 bits per heavy atom. The predicted octanol–water partition coefficient (Wildman–Crippen LogP) is 3.96. The fourth-order valence-electron chi connectivity index (χ4n) is 3.31. The van der Waals surface area contributed by atoms with Crippen LogP contribution in [0.4, 0.5) is 18.9 Å². The molecule has 25 heavy (non-hydrogen) atoms. The lowest BCUT2D eigenvalue weighted by Crippen LogP contribution is -2.07. The summed E-state index contributed by atoms with van der Waals surface area (Å²) in [5, 5.41) is 11.6. The van der Waals surface area contributed by atoms with Crippen LogP contribution in [-0.4, -0.2) is 19.8 Å². The van der Waals surface area contributed by atoms with Gasteiger partial charge in [-0.05, 0) is 12.1 Å². The van der Waals surface area contributed by atoms with E-state index >= 15 is 0 Å². The number of hydrogen-bond donors (Lipinski definition) is 1. The van der Waals surface area contributed by atoms with Gasteiger partial charge in [-0.15, -0.1) is 5.10 Å². The van der Waals surface area contributed by atoms with Gasteiger partial charge < -0.3 is 5.32 Å². The van der Waals surface area contributed by atoms with Gasteiger partial charge in [-0.2, -0.15) is 5.10 Å². The number of nitrogens with zero attached hydrogens (tertiary/aromatic N) is 4. The van der Waals surface area contributed by atoms with E-state index < -0.39 is 11.6 Å². The highest BCUT2D eigenvalue weighted by molar-refractivity contribution is 6.03. The molecule has 0 unspecified atom stereocenters. The monoisotopic (exact) mass is 341 g/mol. The van der Waals surface area contributed by atoms with Crippen molar-refractivity contribution < 1.29 is 13.3 Å². The molecule has 2 aromatic heterocycles. The average molecular weight is 341 g/mol. The summed E-state index contributed by atoms with van der Waals surface area (Å²) in [5.74, 6) is -1.39. The Hall–Kier alpha value is -3.29. The normalized spacial score (nSPS) is 12.8. The number of aromatic nitrogens is 4. The van der Waals surface area contributed by atoms with Crippen LogP contribution in [-0.2, 0) is 6.67 Å². The van der Waals surface area contributed by atoms with Gasteiger partial charge in [0, 0.05) is 10.9 Å². The summed E-state index contributed by atoms with van der Waals surface area (Å²) in [4.78, 5) is 0.281. The van der Waals surface area contributed by atoms with Gasteiger partial charge in [0.25, 0.3) is 0 Å². The largest absolute Gasteiger partial charge is 0.363 e. The number of fused-ring (bicyclic) bond motifs is 2. The van der Waals surface area contributed by atoms with Gasteiger partial charge in [-0.1, -0.05) is 33.7 Å². The molecule has 0 atom stereocenters. The quantitative estimate of drug-likeness (QED) is 0.570. The van der Waals surface area contributed by atoms with Crippen molar-refractivity contribution in [2.24, 2.45) is 0 Å². The van der Waals surface area contributed by atoms with Crippen molar-refractivity contribution in [2.75, 3.05) is 5.32 Å². The van der Waals surface area contributed by atoms with E-state index in [9.17, 15) is 13.3 Å². The summed E-state index contributed by atoms with van der Waals surface area (Å²) in [6.45, 7) is 0.224. The molecule has 3 heterocycles. The minimum atomic E-state index is -0.696. The molecule has 0 fully saturated rings. The lowest BCUT2D eigenvalue weighted by molar-refractivity contribution is 0.322. The predicted molar refractivity (Wildman–Crippen MR) is 86.4 cm³/mol. The number of hydrogen-bond acceptors (Lipinski definition) is 3. The number of benzene rings is 2. The molecule has 0 radical (unpaired) electrons. The third kappa shape index (κ3) is 1.84. The van der Waals surface area contributed by atoms with E-state index in [4.69, 9.17) is 0 Å². The van der Waals surface area contributed by atoms with Crippen molar-refractivity contribution in [3.05, 3.63) is 54.2 Å². The molecule has 0 bridgehead atoms. The zero-order valence-corrected chi connectivity index (χ0v) is 12.7. The Kier molecular flexibility index (Phi) is 2.74. The molecule has 0 spiro atoms. The van der Waals surface area contributed by atoms with Crippen molar-refractivity contribution in [3.8, 4) is 22.5 Å². The van der Waals surface area contributed by atoms with Crippen molar-refractivity contribution in [3.63, 3.8) is 0 Å². The third-order valence-electron chi connectivity index (χ3n) is 4.37. The van der Waals surface area contributed by atoms with Gasteiger partial charge >= 0.3 is 0 Å². The maximum atomic E-state index is 14.2. The van der Waals surface area contributed by atoms with E-state index in [2.05, 4.69) is 15.5 Å². The summed E-state index contributed by atoms with van der Waals surface area (Å²) >= 11 is 0. The van der Waals surface area contributed by atoms with Crippen LogP contribution in [0.25, 0.3) is 33.4 Å². The summed E-state index contributed by atoms with van der Waals surface area (Å²) < 4.78 is 44.2. The Bertz CT molecular complexity index is 1120. The molecule has 5 rings (SSSR count). The second-order valence-electron chi connectivity index (χ2n) is 5.75. The van der Waals surface area contributed by atoms with Crippen LogP contribution in [0.5, 0.6) is 0 Å². The lowest BCUT2D eigenvalue weighted by Gasteiger charge is -2.05. The third-order valence-corrected chi connectivity index (χ3v) is 4.37. The highest BCUT2D eigenvalue weighted by Gasteiger charge is 2.26. The van der Waals surface area contributed by atoms with Crippen LogP contribution >= 0.6 is 0 Å². The fourth-order valence-corrected chi connectivity index (χ4v) is 3.31. The number of rotatable bonds is 1. The summed E-state index contributed by atoms with van der Waals surface area (Å²) in [7, 11) is 0. The van der Waals surface area contributed by atoms with E-state index in [0.717, 1.165) is 0 Å². The zero-order valence-electron chi connectivity index (χ0n) is 12.7. The maximum absolute atomic E-state index is 14.2. The number of anilines is 1. The Morgan fingerprint density at radius 3 is 2.60 bits per heavy atom. The molecule has 1 N–H and O–H groups in total. The van der Waals surface area contributed by atoms with Gasteiger partial charge in [0.1, 0.15) is 29.7 Å². The van der Waals surface area contributed by atoms with E-state index in [1.54, 1.807) is 22.9 Å². The highest BCUT2D eigenvalue weighted by atomic mass is 19.2. The molecule has 8 heteroatoms. The van der Waals surface area contributed by atoms with E-state index in [0.29, 0.717) is 22.2 Å². The minimum absolute atomic E-state index is 0.183. The Labute approximate surface area is 139 Å². The van der Waals surface area contributed by atoms with E-state index in [1.165, 1.54) is 24.4 Å². The van der Waals surface area contributed by atoms with Crippen LogP contribution in [0, 0.1) is 11.6 Å². The first-order chi connectivity index (χ1) is 12.1. The minimum Gasteiger partial charge on any atom is -0.363 e. The topological polar surface area (TPSA) is 47.7 Å². The Morgan fingerprint density at radius 2 is 1.80 bits per heavy atom. The standard InChI is InChI=1S/C17H10F3N5/c18-11-5-2-6-12(19)14(11)15-9-3-1-4-10-16(9)24(23-15)8-21-13-7-22-25(20)17(10)13/h1-7,21H,8H2. The zero-order chi connectivity index (χ0) is 17.1. The van der Waals surface area contributed by atoms with Crippen LogP contribution in [0.15, 0.2) is 42.6 Å². The summed E-state index contributed by atoms with van der Waals surface area (Å²) in [5.41, 5.74) is 1.91. The molecular weight excluding hydrogens is 331 g/mol. The molecular formula is C17H10F3N5. The first kappa shape index (κ1) is 14.1. The van der Waals surface area contributed by atoms with Crippen LogP contribution < -0.4 is 5.32 Å². The van der Waals surface area contributed by atoms with Crippen molar-refractivity contribution in [1.82, 2.24) is 19.8 Å². The van der Waals surface area contributed by atoms with Crippen molar-refractivity contribution in [1.29, 1.82) is 0 Å². The molecule has 4 aromatic rings. The van der Waals surface area contributed by atoms with Gasteiger partial charge in [0.05, 0.1) is 23.0 Å². The van der Waals surface area contributed by atoms with Gasteiger partial charge in [0.15, 0.2) is 0 Å². The maximum Gasteiger partial charge on any atom is 0.135 e. The van der Waals surface area contributed by atoms with Crippen LogP contribution in [0.2, 0.25) is 0 Å². The SMILES string of the molecule is Fc1cccc(F)c1-c1nn2c3c(cccc13)-c1c(cnn1F)NC2. The van der Waals surface area contributed by atoms with Crippen molar-refractivity contribution >= 4 is 16.6 Å².